The molecular formula is C13H18N2OS. The van der Waals surface area contributed by atoms with E-state index in [2.05, 4.69) is 17.5 Å². The van der Waals surface area contributed by atoms with Crippen molar-refractivity contribution >= 4 is 23.0 Å². The van der Waals surface area contributed by atoms with Gasteiger partial charge in [0.05, 0.1) is 6.42 Å². The third-order valence-corrected chi connectivity index (χ3v) is 3.88. The van der Waals surface area contributed by atoms with Gasteiger partial charge in [0.15, 0.2) is 0 Å². The number of hydrogen-bond donors (Lipinski definition) is 1. The number of amides is 1. The number of rotatable bonds is 3. The van der Waals surface area contributed by atoms with Gasteiger partial charge in [-0.15, -0.1) is 11.3 Å². The van der Waals surface area contributed by atoms with E-state index < -0.39 is 0 Å². The first-order chi connectivity index (χ1) is 8.24. The van der Waals surface area contributed by atoms with Crippen LogP contribution in [0.15, 0.2) is 22.6 Å². The largest absolute Gasteiger partial charge is 0.273 e. The predicted octanol–water partition coefficient (Wildman–Crippen LogP) is 2.97. The van der Waals surface area contributed by atoms with E-state index in [1.165, 1.54) is 12.8 Å². The van der Waals surface area contributed by atoms with Crippen LogP contribution in [0.3, 0.4) is 0 Å². The molecule has 0 aliphatic heterocycles. The molecule has 0 unspecified atom stereocenters. The highest BCUT2D eigenvalue weighted by Crippen LogP contribution is 2.20. The third-order valence-electron chi connectivity index (χ3n) is 3.00. The number of nitrogens with zero attached hydrogens (tertiary/aromatic N) is 1. The van der Waals surface area contributed by atoms with Gasteiger partial charge in [0, 0.05) is 10.6 Å². The Morgan fingerprint density at radius 1 is 1.65 bits per heavy atom. The second-order valence-electron chi connectivity index (χ2n) is 4.67. The Kier molecular flexibility index (Phi) is 4.31. The maximum Gasteiger partial charge on any atom is 0.245 e. The lowest BCUT2D eigenvalue weighted by molar-refractivity contribution is -0.120. The summed E-state index contributed by atoms with van der Waals surface area (Å²) in [6.45, 7) is 2.24. The molecular weight excluding hydrogens is 232 g/mol. The van der Waals surface area contributed by atoms with Crippen LogP contribution in [0, 0.1) is 5.92 Å². The Balaban J connectivity index is 1.80. The SMILES string of the molecule is C[C@H]1CCC/C(=N\NC(=O)Cc2cccs2)C1. The molecule has 0 bridgehead atoms. The number of hydrazone groups is 1. The predicted molar refractivity (Wildman–Crippen MR) is 71.2 cm³/mol. The van der Waals surface area contributed by atoms with Gasteiger partial charge in [0.2, 0.25) is 5.91 Å². The van der Waals surface area contributed by atoms with Crippen LogP contribution in [0.1, 0.15) is 37.5 Å². The minimum Gasteiger partial charge on any atom is -0.273 e. The van der Waals surface area contributed by atoms with Gasteiger partial charge in [0.1, 0.15) is 0 Å². The first-order valence-electron chi connectivity index (χ1n) is 6.10. The van der Waals surface area contributed by atoms with E-state index in [-0.39, 0.29) is 5.91 Å². The molecule has 17 heavy (non-hydrogen) atoms. The van der Waals surface area contributed by atoms with Crippen molar-refractivity contribution in [1.82, 2.24) is 5.43 Å². The van der Waals surface area contributed by atoms with Crippen molar-refractivity contribution in [2.75, 3.05) is 0 Å². The minimum absolute atomic E-state index is 0.0156. The number of hydrogen-bond acceptors (Lipinski definition) is 3. The summed E-state index contributed by atoms with van der Waals surface area (Å²) in [5, 5.41) is 6.22. The molecule has 0 radical (unpaired) electrons. The van der Waals surface area contributed by atoms with Crippen molar-refractivity contribution in [3.8, 4) is 0 Å². The molecule has 1 aromatic rings. The Morgan fingerprint density at radius 3 is 3.24 bits per heavy atom. The Labute approximate surface area is 106 Å². The second kappa shape index (κ2) is 5.96. The summed E-state index contributed by atoms with van der Waals surface area (Å²) in [4.78, 5) is 12.7. The van der Waals surface area contributed by atoms with Crippen LogP contribution in [-0.2, 0) is 11.2 Å². The maximum atomic E-state index is 11.6. The molecule has 1 aliphatic rings. The zero-order chi connectivity index (χ0) is 12.1. The van der Waals surface area contributed by atoms with Crippen molar-refractivity contribution in [3.63, 3.8) is 0 Å². The van der Waals surface area contributed by atoms with Crippen molar-refractivity contribution in [1.29, 1.82) is 0 Å². The summed E-state index contributed by atoms with van der Waals surface area (Å²) in [5.74, 6) is 0.690. The molecule has 1 saturated carbocycles. The van der Waals surface area contributed by atoms with Crippen LogP contribution in [0.4, 0.5) is 0 Å². The fraction of sp³-hybridized carbons (Fsp3) is 0.538. The molecule has 1 atom stereocenters. The van der Waals surface area contributed by atoms with Gasteiger partial charge in [-0.05, 0) is 43.0 Å². The summed E-state index contributed by atoms with van der Waals surface area (Å²) in [6.07, 6.45) is 4.97. The molecule has 0 aromatic carbocycles. The van der Waals surface area contributed by atoms with Crippen LogP contribution in [-0.4, -0.2) is 11.6 Å². The van der Waals surface area contributed by atoms with E-state index in [0.29, 0.717) is 12.3 Å². The highest BCUT2D eigenvalue weighted by atomic mass is 32.1. The first kappa shape index (κ1) is 12.3. The summed E-state index contributed by atoms with van der Waals surface area (Å²) >= 11 is 1.60. The topological polar surface area (TPSA) is 41.5 Å². The van der Waals surface area contributed by atoms with Crippen molar-refractivity contribution in [3.05, 3.63) is 22.4 Å². The molecule has 1 fully saturated rings. The highest BCUT2D eigenvalue weighted by molar-refractivity contribution is 7.10. The van der Waals surface area contributed by atoms with Gasteiger partial charge in [0.25, 0.3) is 0 Å². The first-order valence-corrected chi connectivity index (χ1v) is 6.98. The summed E-state index contributed by atoms with van der Waals surface area (Å²) < 4.78 is 0. The van der Waals surface area contributed by atoms with E-state index >= 15 is 0 Å². The van der Waals surface area contributed by atoms with Gasteiger partial charge < -0.3 is 0 Å². The summed E-state index contributed by atoms with van der Waals surface area (Å²) in [5.41, 5.74) is 3.81. The lowest BCUT2D eigenvalue weighted by atomic mass is 9.89. The van der Waals surface area contributed by atoms with Gasteiger partial charge in [-0.1, -0.05) is 13.0 Å². The molecule has 1 heterocycles. The maximum absolute atomic E-state index is 11.6. The van der Waals surface area contributed by atoms with Gasteiger partial charge in [-0.3, -0.25) is 4.79 Å². The average Bonchev–Trinajstić information content (AvgIpc) is 2.79. The zero-order valence-corrected chi connectivity index (χ0v) is 10.9. The Morgan fingerprint density at radius 2 is 2.53 bits per heavy atom. The normalized spacial score (nSPS) is 22.6. The third kappa shape index (κ3) is 3.97. The molecule has 2 rings (SSSR count). The monoisotopic (exact) mass is 250 g/mol. The molecule has 0 saturated heterocycles. The van der Waals surface area contributed by atoms with E-state index in [0.717, 1.165) is 23.4 Å². The summed E-state index contributed by atoms with van der Waals surface area (Å²) in [6, 6.07) is 3.93. The van der Waals surface area contributed by atoms with Crippen LogP contribution < -0.4 is 5.43 Å². The number of carbonyl (C=O) groups excluding carboxylic acids is 1. The Bertz CT molecular complexity index is 398. The lowest BCUT2D eigenvalue weighted by Crippen LogP contribution is -2.23. The Hall–Kier alpha value is -1.16. The number of carbonyl (C=O) groups is 1. The fourth-order valence-electron chi connectivity index (χ4n) is 2.11. The van der Waals surface area contributed by atoms with Crippen molar-refractivity contribution in [2.24, 2.45) is 11.0 Å². The highest BCUT2D eigenvalue weighted by Gasteiger charge is 2.14. The number of thiophene rings is 1. The van der Waals surface area contributed by atoms with Gasteiger partial charge in [-0.2, -0.15) is 5.10 Å². The second-order valence-corrected chi connectivity index (χ2v) is 5.70. The van der Waals surface area contributed by atoms with E-state index in [1.807, 2.05) is 17.5 Å². The number of nitrogens with one attached hydrogen (secondary N) is 1. The smallest absolute Gasteiger partial charge is 0.245 e. The van der Waals surface area contributed by atoms with Gasteiger partial charge >= 0.3 is 0 Å². The average molecular weight is 250 g/mol. The van der Waals surface area contributed by atoms with E-state index in [9.17, 15) is 4.79 Å². The molecule has 1 amide bonds. The van der Waals surface area contributed by atoms with E-state index in [1.54, 1.807) is 11.3 Å². The molecule has 0 spiro atoms. The zero-order valence-electron chi connectivity index (χ0n) is 10.1. The van der Waals surface area contributed by atoms with Crippen LogP contribution >= 0.6 is 11.3 Å². The molecule has 1 aromatic heterocycles. The molecule has 1 N–H and O–H groups in total. The van der Waals surface area contributed by atoms with E-state index in [4.69, 9.17) is 0 Å². The minimum atomic E-state index is -0.0156. The van der Waals surface area contributed by atoms with Crippen LogP contribution in [0.25, 0.3) is 0 Å². The van der Waals surface area contributed by atoms with Gasteiger partial charge in [-0.25, -0.2) is 5.43 Å². The standard InChI is InChI=1S/C13H18N2OS/c1-10-4-2-5-11(8-10)14-15-13(16)9-12-6-3-7-17-12/h3,6-7,10H,2,4-5,8-9H2,1H3,(H,15,16)/b14-11+/t10-/m0/s1. The fourth-order valence-corrected chi connectivity index (χ4v) is 2.82. The molecule has 92 valence electrons. The molecule has 3 nitrogen and oxygen atoms in total. The van der Waals surface area contributed by atoms with Crippen LogP contribution in [0.5, 0.6) is 0 Å². The lowest BCUT2D eigenvalue weighted by Gasteiger charge is -2.18. The van der Waals surface area contributed by atoms with Crippen molar-refractivity contribution < 1.29 is 4.79 Å². The van der Waals surface area contributed by atoms with Crippen molar-refractivity contribution in [2.45, 2.75) is 39.0 Å². The van der Waals surface area contributed by atoms with Crippen LogP contribution in [0.2, 0.25) is 0 Å². The molecule has 4 heteroatoms. The quantitative estimate of drug-likeness (QED) is 0.823. The molecule has 1 aliphatic carbocycles. The summed E-state index contributed by atoms with van der Waals surface area (Å²) in [7, 11) is 0.